The lowest BCUT2D eigenvalue weighted by Gasteiger charge is -2.11. The van der Waals surface area contributed by atoms with E-state index in [1.165, 1.54) is 5.56 Å². The Labute approximate surface area is 104 Å². The highest BCUT2D eigenvalue weighted by Gasteiger charge is 2.02. The first-order valence-electron chi connectivity index (χ1n) is 6.27. The Bertz CT molecular complexity index is 309. The van der Waals surface area contributed by atoms with Crippen LogP contribution in [-0.2, 0) is 6.42 Å². The standard InChI is InChI=1S/C14H23NO2/c1-3-13(16)10-17-14-8-6-12(7-9-14)5-4-11(2)15/h6-9,11,13,16H,3-5,10,15H2,1-2H3. The van der Waals surface area contributed by atoms with Crippen molar-refractivity contribution in [1.82, 2.24) is 0 Å². The minimum Gasteiger partial charge on any atom is -0.491 e. The molecule has 1 aromatic carbocycles. The average Bonchev–Trinajstić information content (AvgIpc) is 2.34. The summed E-state index contributed by atoms with van der Waals surface area (Å²) in [5.41, 5.74) is 6.98. The van der Waals surface area contributed by atoms with Gasteiger partial charge in [0.1, 0.15) is 12.4 Å². The van der Waals surface area contributed by atoms with E-state index in [2.05, 4.69) is 12.1 Å². The van der Waals surface area contributed by atoms with Crippen LogP contribution in [0.4, 0.5) is 0 Å². The molecular formula is C14H23NO2. The molecule has 0 aromatic heterocycles. The summed E-state index contributed by atoms with van der Waals surface area (Å²) >= 11 is 0. The molecule has 0 heterocycles. The molecule has 0 spiro atoms. The van der Waals surface area contributed by atoms with E-state index in [9.17, 15) is 5.11 Å². The molecule has 0 saturated carbocycles. The minimum atomic E-state index is -0.382. The van der Waals surface area contributed by atoms with Gasteiger partial charge in [0.15, 0.2) is 0 Å². The summed E-state index contributed by atoms with van der Waals surface area (Å²) in [6.07, 6.45) is 2.32. The van der Waals surface area contributed by atoms with Gasteiger partial charge in [-0.3, -0.25) is 0 Å². The molecule has 96 valence electrons. The van der Waals surface area contributed by atoms with Crippen LogP contribution in [0.15, 0.2) is 24.3 Å². The molecule has 0 aliphatic heterocycles. The second-order valence-electron chi connectivity index (χ2n) is 4.53. The summed E-state index contributed by atoms with van der Waals surface area (Å²) in [7, 11) is 0. The second-order valence-corrected chi connectivity index (χ2v) is 4.53. The van der Waals surface area contributed by atoms with Crippen molar-refractivity contribution in [1.29, 1.82) is 0 Å². The lowest BCUT2D eigenvalue weighted by Crippen LogP contribution is -2.16. The fraction of sp³-hybridized carbons (Fsp3) is 0.571. The highest BCUT2D eigenvalue weighted by molar-refractivity contribution is 5.27. The molecule has 0 aliphatic rings. The van der Waals surface area contributed by atoms with Crippen molar-refractivity contribution in [2.45, 2.75) is 45.3 Å². The smallest absolute Gasteiger partial charge is 0.119 e. The van der Waals surface area contributed by atoms with Gasteiger partial charge < -0.3 is 15.6 Å². The van der Waals surface area contributed by atoms with Crippen LogP contribution in [0.5, 0.6) is 5.75 Å². The third-order valence-corrected chi connectivity index (χ3v) is 2.73. The van der Waals surface area contributed by atoms with Gasteiger partial charge in [0, 0.05) is 6.04 Å². The minimum absolute atomic E-state index is 0.241. The van der Waals surface area contributed by atoms with Crippen LogP contribution < -0.4 is 10.5 Å². The maximum atomic E-state index is 9.38. The van der Waals surface area contributed by atoms with Gasteiger partial charge in [0.05, 0.1) is 6.10 Å². The van der Waals surface area contributed by atoms with Crippen LogP contribution >= 0.6 is 0 Å². The fourth-order valence-corrected chi connectivity index (χ4v) is 1.46. The molecule has 1 aromatic rings. The van der Waals surface area contributed by atoms with Crippen molar-refractivity contribution in [3.8, 4) is 5.75 Å². The van der Waals surface area contributed by atoms with E-state index in [4.69, 9.17) is 10.5 Å². The molecule has 0 aliphatic carbocycles. The lowest BCUT2D eigenvalue weighted by atomic mass is 10.1. The van der Waals surface area contributed by atoms with Gasteiger partial charge in [-0.2, -0.15) is 0 Å². The van der Waals surface area contributed by atoms with Crippen LogP contribution in [0.25, 0.3) is 0 Å². The van der Waals surface area contributed by atoms with Gasteiger partial charge in [0.2, 0.25) is 0 Å². The van der Waals surface area contributed by atoms with Crippen molar-refractivity contribution in [3.63, 3.8) is 0 Å². The van der Waals surface area contributed by atoms with Crippen molar-refractivity contribution in [2.75, 3.05) is 6.61 Å². The van der Waals surface area contributed by atoms with Crippen LogP contribution in [0.1, 0.15) is 32.3 Å². The number of aryl methyl sites for hydroxylation is 1. The molecule has 0 fully saturated rings. The number of hydrogen-bond donors (Lipinski definition) is 2. The fourth-order valence-electron chi connectivity index (χ4n) is 1.46. The number of ether oxygens (including phenoxy) is 1. The van der Waals surface area contributed by atoms with Gasteiger partial charge >= 0.3 is 0 Å². The van der Waals surface area contributed by atoms with E-state index >= 15 is 0 Å². The normalized spacial score (nSPS) is 14.4. The third kappa shape index (κ3) is 5.71. The Kier molecular flexibility index (Phi) is 6.01. The Morgan fingerprint density at radius 1 is 1.29 bits per heavy atom. The molecular weight excluding hydrogens is 214 g/mol. The molecule has 3 nitrogen and oxygen atoms in total. The molecule has 1 rings (SSSR count). The van der Waals surface area contributed by atoms with Crippen molar-refractivity contribution >= 4 is 0 Å². The highest BCUT2D eigenvalue weighted by Crippen LogP contribution is 2.14. The number of aliphatic hydroxyl groups is 1. The molecule has 0 radical (unpaired) electrons. The molecule has 2 unspecified atom stereocenters. The van der Waals surface area contributed by atoms with Gasteiger partial charge in [0.25, 0.3) is 0 Å². The van der Waals surface area contributed by atoms with Gasteiger partial charge in [-0.25, -0.2) is 0 Å². The summed E-state index contributed by atoms with van der Waals surface area (Å²) in [4.78, 5) is 0. The maximum Gasteiger partial charge on any atom is 0.119 e. The Hall–Kier alpha value is -1.06. The first-order valence-corrected chi connectivity index (χ1v) is 6.27. The number of nitrogens with two attached hydrogens (primary N) is 1. The molecule has 3 heteroatoms. The summed E-state index contributed by atoms with van der Waals surface area (Å²) in [6.45, 7) is 4.31. The highest BCUT2D eigenvalue weighted by atomic mass is 16.5. The summed E-state index contributed by atoms with van der Waals surface area (Å²) in [5.74, 6) is 0.807. The zero-order valence-electron chi connectivity index (χ0n) is 10.7. The van der Waals surface area contributed by atoms with Crippen molar-refractivity contribution < 1.29 is 9.84 Å². The molecule has 17 heavy (non-hydrogen) atoms. The van der Waals surface area contributed by atoms with Gasteiger partial charge in [-0.15, -0.1) is 0 Å². The van der Waals surface area contributed by atoms with Crippen LogP contribution in [-0.4, -0.2) is 23.9 Å². The van der Waals surface area contributed by atoms with E-state index in [-0.39, 0.29) is 12.1 Å². The molecule has 0 saturated heterocycles. The Morgan fingerprint density at radius 2 is 1.94 bits per heavy atom. The van der Waals surface area contributed by atoms with Crippen molar-refractivity contribution in [2.24, 2.45) is 5.73 Å². The second kappa shape index (κ2) is 7.30. The largest absolute Gasteiger partial charge is 0.491 e. The number of rotatable bonds is 7. The lowest BCUT2D eigenvalue weighted by molar-refractivity contribution is 0.104. The van der Waals surface area contributed by atoms with Crippen LogP contribution in [0.2, 0.25) is 0 Å². The van der Waals surface area contributed by atoms with Crippen LogP contribution in [0, 0.1) is 0 Å². The van der Waals surface area contributed by atoms with Gasteiger partial charge in [-0.05, 0) is 43.9 Å². The molecule has 0 bridgehead atoms. The van der Waals surface area contributed by atoms with E-state index in [0.717, 1.165) is 18.6 Å². The predicted molar refractivity (Wildman–Crippen MR) is 70.2 cm³/mol. The Balaban J connectivity index is 2.39. The monoisotopic (exact) mass is 237 g/mol. The maximum absolute atomic E-state index is 9.38. The summed E-state index contributed by atoms with van der Waals surface area (Å²) in [5, 5.41) is 9.38. The SMILES string of the molecule is CCC(O)COc1ccc(CCC(C)N)cc1. The van der Waals surface area contributed by atoms with Crippen molar-refractivity contribution in [3.05, 3.63) is 29.8 Å². The topological polar surface area (TPSA) is 55.5 Å². The number of hydrogen-bond acceptors (Lipinski definition) is 3. The van der Waals surface area contributed by atoms with Crippen LogP contribution in [0.3, 0.4) is 0 Å². The molecule has 3 N–H and O–H groups in total. The number of aliphatic hydroxyl groups excluding tert-OH is 1. The van der Waals surface area contributed by atoms with E-state index in [1.807, 2.05) is 26.0 Å². The molecule has 0 amide bonds. The summed E-state index contributed by atoms with van der Waals surface area (Å²) in [6, 6.07) is 8.23. The van der Waals surface area contributed by atoms with E-state index < -0.39 is 0 Å². The predicted octanol–water partition coefficient (Wildman–Crippen LogP) is 2.12. The number of benzene rings is 1. The zero-order chi connectivity index (χ0) is 12.7. The van der Waals surface area contributed by atoms with Gasteiger partial charge in [-0.1, -0.05) is 19.1 Å². The Morgan fingerprint density at radius 3 is 2.47 bits per heavy atom. The molecule has 2 atom stereocenters. The average molecular weight is 237 g/mol. The van der Waals surface area contributed by atoms with E-state index in [1.54, 1.807) is 0 Å². The third-order valence-electron chi connectivity index (χ3n) is 2.73. The zero-order valence-corrected chi connectivity index (χ0v) is 10.7. The summed E-state index contributed by atoms with van der Waals surface area (Å²) < 4.78 is 5.46. The first kappa shape index (κ1) is 14.0. The quantitative estimate of drug-likeness (QED) is 0.763. The first-order chi connectivity index (χ1) is 8.11. The van der Waals surface area contributed by atoms with E-state index in [0.29, 0.717) is 13.0 Å².